The number of amidine groups is 1. The van der Waals surface area contributed by atoms with E-state index < -0.39 is 0 Å². The first-order valence-electron chi connectivity index (χ1n) is 8.85. The second-order valence-corrected chi connectivity index (χ2v) is 7.75. The normalized spacial score (nSPS) is 15.6. The van der Waals surface area contributed by atoms with Gasteiger partial charge in [0.15, 0.2) is 5.17 Å². The van der Waals surface area contributed by atoms with Gasteiger partial charge in [-0.3, -0.25) is 4.79 Å². The molecule has 2 aromatic rings. The SMILES string of the molecule is CN1CCN(C(=Nc2ccccc2)SCC(=O)Nc2cccc(Cl)c2)CC1. The van der Waals surface area contributed by atoms with Crippen molar-refractivity contribution in [3.8, 4) is 0 Å². The Morgan fingerprint density at radius 2 is 1.85 bits per heavy atom. The van der Waals surface area contributed by atoms with E-state index in [1.54, 1.807) is 12.1 Å². The Bertz CT molecular complexity index is 792. The predicted octanol–water partition coefficient (Wildman–Crippen LogP) is 3.95. The molecule has 1 saturated heterocycles. The predicted molar refractivity (Wildman–Crippen MR) is 115 cm³/mol. The Morgan fingerprint density at radius 1 is 1.11 bits per heavy atom. The van der Waals surface area contributed by atoms with E-state index in [1.807, 2.05) is 42.5 Å². The van der Waals surface area contributed by atoms with Crippen molar-refractivity contribution in [2.75, 3.05) is 44.3 Å². The number of hydrogen-bond acceptors (Lipinski definition) is 4. The number of piperazine rings is 1. The molecular formula is C20H23ClN4OS. The fourth-order valence-corrected chi connectivity index (χ4v) is 3.76. The summed E-state index contributed by atoms with van der Waals surface area (Å²) in [4.78, 5) is 21.7. The molecule has 0 bridgehead atoms. The lowest BCUT2D eigenvalue weighted by Crippen LogP contribution is -2.46. The fourth-order valence-electron chi connectivity index (χ4n) is 2.70. The van der Waals surface area contributed by atoms with Crippen molar-refractivity contribution >= 4 is 45.8 Å². The van der Waals surface area contributed by atoms with Crippen LogP contribution in [-0.2, 0) is 4.79 Å². The quantitative estimate of drug-likeness (QED) is 0.621. The lowest BCUT2D eigenvalue weighted by Gasteiger charge is -2.34. The number of carbonyl (C=O) groups is 1. The molecule has 1 heterocycles. The number of amides is 1. The van der Waals surface area contributed by atoms with Gasteiger partial charge in [0.05, 0.1) is 11.4 Å². The molecule has 0 atom stereocenters. The van der Waals surface area contributed by atoms with E-state index in [9.17, 15) is 4.79 Å². The van der Waals surface area contributed by atoms with Crippen molar-refractivity contribution in [1.82, 2.24) is 9.80 Å². The van der Waals surface area contributed by atoms with Crippen molar-refractivity contribution < 1.29 is 4.79 Å². The highest BCUT2D eigenvalue weighted by molar-refractivity contribution is 8.14. The average molecular weight is 403 g/mol. The number of hydrogen-bond donors (Lipinski definition) is 1. The van der Waals surface area contributed by atoms with E-state index in [4.69, 9.17) is 16.6 Å². The first-order chi connectivity index (χ1) is 13.1. The molecule has 27 heavy (non-hydrogen) atoms. The summed E-state index contributed by atoms with van der Waals surface area (Å²) in [6.45, 7) is 3.79. The first-order valence-corrected chi connectivity index (χ1v) is 10.2. The Labute approximate surface area is 169 Å². The molecule has 1 fully saturated rings. The van der Waals surface area contributed by atoms with Gasteiger partial charge in [-0.2, -0.15) is 0 Å². The maximum atomic E-state index is 12.4. The van der Waals surface area contributed by atoms with Crippen molar-refractivity contribution in [1.29, 1.82) is 0 Å². The summed E-state index contributed by atoms with van der Waals surface area (Å²) in [5, 5.41) is 4.37. The molecule has 0 saturated carbocycles. The molecule has 5 nitrogen and oxygen atoms in total. The van der Waals surface area contributed by atoms with Gasteiger partial charge in [-0.25, -0.2) is 4.99 Å². The maximum absolute atomic E-state index is 12.4. The van der Waals surface area contributed by atoms with Crippen LogP contribution < -0.4 is 5.32 Å². The number of thioether (sulfide) groups is 1. The van der Waals surface area contributed by atoms with Gasteiger partial charge >= 0.3 is 0 Å². The third-order valence-corrected chi connectivity index (χ3v) is 5.44. The van der Waals surface area contributed by atoms with E-state index in [0.29, 0.717) is 16.5 Å². The highest BCUT2D eigenvalue weighted by atomic mass is 35.5. The molecule has 2 aromatic carbocycles. The van der Waals surface area contributed by atoms with Gasteiger partial charge in [0.2, 0.25) is 5.91 Å². The molecule has 0 unspecified atom stereocenters. The van der Waals surface area contributed by atoms with Crippen molar-refractivity contribution in [3.05, 3.63) is 59.6 Å². The van der Waals surface area contributed by atoms with Crippen LogP contribution in [0.15, 0.2) is 59.6 Å². The van der Waals surface area contributed by atoms with Crippen LogP contribution in [0, 0.1) is 0 Å². The van der Waals surface area contributed by atoms with Crippen LogP contribution in [0.2, 0.25) is 5.02 Å². The number of rotatable bonds is 4. The maximum Gasteiger partial charge on any atom is 0.234 e. The Hall–Kier alpha value is -2.02. The summed E-state index contributed by atoms with van der Waals surface area (Å²) in [5.41, 5.74) is 1.60. The lowest BCUT2D eigenvalue weighted by atomic mass is 10.3. The van der Waals surface area contributed by atoms with Gasteiger partial charge in [-0.15, -0.1) is 0 Å². The highest BCUT2D eigenvalue weighted by Crippen LogP contribution is 2.20. The van der Waals surface area contributed by atoms with Gasteiger partial charge < -0.3 is 15.1 Å². The molecule has 1 amide bonds. The number of benzene rings is 2. The second kappa shape index (κ2) is 9.78. The van der Waals surface area contributed by atoms with E-state index in [-0.39, 0.29) is 5.91 Å². The molecule has 3 rings (SSSR count). The van der Waals surface area contributed by atoms with Crippen molar-refractivity contribution in [2.45, 2.75) is 0 Å². The number of para-hydroxylation sites is 1. The number of nitrogens with zero attached hydrogens (tertiary/aromatic N) is 3. The third kappa shape index (κ3) is 6.27. The number of likely N-dealkylation sites (N-methyl/N-ethyl adjacent to an activating group) is 1. The zero-order chi connectivity index (χ0) is 19.1. The molecule has 142 valence electrons. The molecule has 1 aliphatic rings. The largest absolute Gasteiger partial charge is 0.349 e. The van der Waals surface area contributed by atoms with Crippen molar-refractivity contribution in [3.63, 3.8) is 0 Å². The summed E-state index contributed by atoms with van der Waals surface area (Å²) in [7, 11) is 2.12. The summed E-state index contributed by atoms with van der Waals surface area (Å²) in [6.07, 6.45) is 0. The Balaban J connectivity index is 1.66. The molecule has 1 aliphatic heterocycles. The van der Waals surface area contributed by atoms with Gasteiger partial charge in [0.25, 0.3) is 0 Å². The number of carbonyl (C=O) groups excluding carboxylic acids is 1. The summed E-state index contributed by atoms with van der Waals surface area (Å²) < 4.78 is 0. The van der Waals surface area contributed by atoms with Gasteiger partial charge in [0.1, 0.15) is 0 Å². The second-order valence-electron chi connectivity index (χ2n) is 6.37. The lowest BCUT2D eigenvalue weighted by molar-refractivity contribution is -0.113. The smallest absolute Gasteiger partial charge is 0.234 e. The summed E-state index contributed by atoms with van der Waals surface area (Å²) in [6, 6.07) is 17.0. The fraction of sp³-hybridized carbons (Fsp3) is 0.300. The van der Waals surface area contributed by atoms with E-state index in [0.717, 1.165) is 37.0 Å². The number of halogens is 1. The molecule has 0 aliphatic carbocycles. The minimum Gasteiger partial charge on any atom is -0.349 e. The zero-order valence-electron chi connectivity index (χ0n) is 15.3. The molecule has 0 spiro atoms. The summed E-state index contributed by atoms with van der Waals surface area (Å²) >= 11 is 7.44. The van der Waals surface area contributed by atoms with Gasteiger partial charge in [0, 0.05) is 36.9 Å². The zero-order valence-corrected chi connectivity index (χ0v) is 16.8. The number of aliphatic imine (C=N–C) groups is 1. The Kier molecular flexibility index (Phi) is 7.15. The average Bonchev–Trinajstić information content (AvgIpc) is 2.67. The van der Waals surface area contributed by atoms with E-state index in [2.05, 4.69) is 22.2 Å². The van der Waals surface area contributed by atoms with E-state index >= 15 is 0 Å². The standard InChI is InChI=1S/C20H23ClN4OS/c1-24-10-12-25(13-11-24)20(23-17-7-3-2-4-8-17)27-15-19(26)22-18-9-5-6-16(21)14-18/h2-9,14H,10-13,15H2,1H3,(H,22,26). The first kappa shape index (κ1) is 19.7. The molecule has 7 heteroatoms. The molecule has 0 aromatic heterocycles. The highest BCUT2D eigenvalue weighted by Gasteiger charge is 2.19. The van der Waals surface area contributed by atoms with Crippen LogP contribution in [0.5, 0.6) is 0 Å². The topological polar surface area (TPSA) is 47.9 Å². The van der Waals surface area contributed by atoms with Gasteiger partial charge in [-0.05, 0) is 37.4 Å². The van der Waals surface area contributed by atoms with Crippen LogP contribution in [0.25, 0.3) is 0 Å². The van der Waals surface area contributed by atoms with Crippen molar-refractivity contribution in [2.24, 2.45) is 4.99 Å². The minimum absolute atomic E-state index is 0.0721. The van der Waals surface area contributed by atoms with Crippen LogP contribution in [0.4, 0.5) is 11.4 Å². The van der Waals surface area contributed by atoms with Crippen LogP contribution in [-0.4, -0.2) is 59.9 Å². The molecule has 0 radical (unpaired) electrons. The molecular weight excluding hydrogens is 380 g/mol. The third-order valence-electron chi connectivity index (χ3n) is 4.20. The summed E-state index contributed by atoms with van der Waals surface area (Å²) in [5.74, 6) is 0.224. The van der Waals surface area contributed by atoms with Crippen LogP contribution in [0.1, 0.15) is 0 Å². The van der Waals surface area contributed by atoms with Gasteiger partial charge in [-0.1, -0.05) is 47.6 Å². The number of nitrogens with one attached hydrogen (secondary N) is 1. The molecule has 1 N–H and O–H groups in total. The Morgan fingerprint density at radius 3 is 2.56 bits per heavy atom. The number of anilines is 1. The van der Waals surface area contributed by atoms with Crippen LogP contribution in [0.3, 0.4) is 0 Å². The van der Waals surface area contributed by atoms with E-state index in [1.165, 1.54) is 11.8 Å². The monoisotopic (exact) mass is 402 g/mol. The minimum atomic E-state index is -0.0721. The van der Waals surface area contributed by atoms with Crippen LogP contribution >= 0.6 is 23.4 Å².